The topological polar surface area (TPSA) is 86.3 Å². The van der Waals surface area contributed by atoms with Crippen molar-refractivity contribution in [1.29, 1.82) is 0 Å². The molecule has 0 radical (unpaired) electrons. The molecule has 2 aromatic rings. The number of aromatic nitrogens is 3. The van der Waals surface area contributed by atoms with Gasteiger partial charge < -0.3 is 15.4 Å². The Labute approximate surface area is 147 Å². The van der Waals surface area contributed by atoms with Crippen molar-refractivity contribution in [2.24, 2.45) is 0 Å². The lowest BCUT2D eigenvalue weighted by molar-refractivity contribution is -0.139. The van der Waals surface area contributed by atoms with E-state index in [-0.39, 0.29) is 18.6 Å². The van der Waals surface area contributed by atoms with Crippen LogP contribution in [0.5, 0.6) is 0 Å². The van der Waals surface area contributed by atoms with E-state index in [4.69, 9.17) is 10.5 Å². The highest BCUT2D eigenvalue weighted by Gasteiger charge is 2.24. The van der Waals surface area contributed by atoms with Crippen LogP contribution in [0.2, 0.25) is 0 Å². The molecule has 1 aliphatic heterocycles. The molecule has 1 atom stereocenters. The van der Waals surface area contributed by atoms with Gasteiger partial charge >= 0.3 is 0 Å². The van der Waals surface area contributed by atoms with Crippen LogP contribution in [0.3, 0.4) is 0 Å². The minimum absolute atomic E-state index is 0.0487. The van der Waals surface area contributed by atoms with Crippen LogP contribution in [0.4, 0.5) is 5.82 Å². The number of aryl methyl sites for hydroxylation is 3. The van der Waals surface area contributed by atoms with Crippen molar-refractivity contribution >= 4 is 11.7 Å². The molecular weight excluding hydrogens is 318 g/mol. The zero-order valence-electron chi connectivity index (χ0n) is 14.8. The maximum Gasteiger partial charge on any atom is 0.244 e. The SMILES string of the molecule is Cc1cc(C)n(CC(=O)N2CCOC(CCc3ccnc(N)c3)C2)n1. The number of hydrogen-bond acceptors (Lipinski definition) is 5. The molecule has 2 aromatic heterocycles. The van der Waals surface area contributed by atoms with Crippen LogP contribution in [0.25, 0.3) is 0 Å². The van der Waals surface area contributed by atoms with Gasteiger partial charge in [0.05, 0.1) is 18.4 Å². The van der Waals surface area contributed by atoms with E-state index in [1.807, 2.05) is 36.9 Å². The van der Waals surface area contributed by atoms with Crippen molar-refractivity contribution in [3.63, 3.8) is 0 Å². The highest BCUT2D eigenvalue weighted by molar-refractivity contribution is 5.76. The van der Waals surface area contributed by atoms with Crippen LogP contribution in [-0.2, 0) is 22.5 Å². The number of nitrogens with two attached hydrogens (primary N) is 1. The molecule has 0 saturated carbocycles. The maximum atomic E-state index is 12.6. The summed E-state index contributed by atoms with van der Waals surface area (Å²) in [6.07, 6.45) is 3.48. The van der Waals surface area contributed by atoms with E-state index >= 15 is 0 Å². The number of nitrogen functional groups attached to an aromatic ring is 1. The van der Waals surface area contributed by atoms with Crippen LogP contribution in [-0.4, -0.2) is 51.4 Å². The van der Waals surface area contributed by atoms with E-state index in [0.29, 0.717) is 25.5 Å². The van der Waals surface area contributed by atoms with Crippen molar-refractivity contribution in [1.82, 2.24) is 19.7 Å². The van der Waals surface area contributed by atoms with Gasteiger partial charge in [0.15, 0.2) is 0 Å². The summed E-state index contributed by atoms with van der Waals surface area (Å²) >= 11 is 0. The number of carbonyl (C=O) groups excluding carboxylic acids is 1. The first kappa shape index (κ1) is 17.4. The van der Waals surface area contributed by atoms with Crippen molar-refractivity contribution < 1.29 is 9.53 Å². The lowest BCUT2D eigenvalue weighted by Gasteiger charge is -2.33. The molecule has 0 bridgehead atoms. The van der Waals surface area contributed by atoms with Gasteiger partial charge in [-0.3, -0.25) is 9.48 Å². The Balaban J connectivity index is 1.53. The van der Waals surface area contributed by atoms with Crippen molar-refractivity contribution in [2.45, 2.75) is 39.3 Å². The average molecular weight is 343 g/mol. The molecule has 7 heteroatoms. The van der Waals surface area contributed by atoms with Crippen molar-refractivity contribution in [3.8, 4) is 0 Å². The summed E-state index contributed by atoms with van der Waals surface area (Å²) in [5, 5.41) is 4.37. The Bertz CT molecular complexity index is 743. The molecule has 2 N–H and O–H groups in total. The molecule has 7 nitrogen and oxygen atoms in total. The summed E-state index contributed by atoms with van der Waals surface area (Å²) in [6.45, 7) is 6.02. The molecule has 3 rings (SSSR count). The molecular formula is C18H25N5O2. The fourth-order valence-corrected chi connectivity index (χ4v) is 3.16. The molecule has 1 aliphatic rings. The number of morpholine rings is 1. The van der Waals surface area contributed by atoms with E-state index in [1.54, 1.807) is 10.9 Å². The number of rotatable bonds is 5. The van der Waals surface area contributed by atoms with E-state index < -0.39 is 0 Å². The van der Waals surface area contributed by atoms with Gasteiger partial charge in [0, 0.05) is 25.0 Å². The normalized spacial score (nSPS) is 17.7. The third-order valence-corrected chi connectivity index (χ3v) is 4.48. The molecule has 0 spiro atoms. The van der Waals surface area contributed by atoms with Gasteiger partial charge in [-0.2, -0.15) is 5.10 Å². The van der Waals surface area contributed by atoms with Crippen molar-refractivity contribution in [2.75, 3.05) is 25.4 Å². The van der Waals surface area contributed by atoms with Crippen LogP contribution in [0.1, 0.15) is 23.4 Å². The Kier molecular flexibility index (Phi) is 5.33. The number of hydrogen-bond donors (Lipinski definition) is 1. The molecule has 25 heavy (non-hydrogen) atoms. The first-order valence-electron chi connectivity index (χ1n) is 8.62. The Hall–Kier alpha value is -2.41. The number of amides is 1. The molecule has 1 saturated heterocycles. The van der Waals surface area contributed by atoms with E-state index in [9.17, 15) is 4.79 Å². The van der Waals surface area contributed by atoms with Gasteiger partial charge in [-0.05, 0) is 50.5 Å². The Morgan fingerprint density at radius 2 is 2.24 bits per heavy atom. The van der Waals surface area contributed by atoms with Gasteiger partial charge in [-0.25, -0.2) is 4.98 Å². The van der Waals surface area contributed by atoms with Crippen LogP contribution < -0.4 is 5.73 Å². The predicted octanol–water partition coefficient (Wildman–Crippen LogP) is 1.34. The summed E-state index contributed by atoms with van der Waals surface area (Å²) in [5.74, 6) is 0.622. The van der Waals surface area contributed by atoms with Gasteiger partial charge in [0.25, 0.3) is 0 Å². The zero-order chi connectivity index (χ0) is 17.8. The van der Waals surface area contributed by atoms with Crippen LogP contribution in [0, 0.1) is 13.8 Å². The molecule has 3 heterocycles. The number of anilines is 1. The van der Waals surface area contributed by atoms with E-state index in [2.05, 4.69) is 10.1 Å². The van der Waals surface area contributed by atoms with E-state index in [0.717, 1.165) is 29.8 Å². The highest BCUT2D eigenvalue weighted by atomic mass is 16.5. The minimum atomic E-state index is 0.0487. The Morgan fingerprint density at radius 3 is 2.96 bits per heavy atom. The van der Waals surface area contributed by atoms with Gasteiger partial charge in [0.2, 0.25) is 5.91 Å². The molecule has 0 aliphatic carbocycles. The quantitative estimate of drug-likeness (QED) is 0.885. The summed E-state index contributed by atoms with van der Waals surface area (Å²) in [5.41, 5.74) is 8.79. The second kappa shape index (κ2) is 7.65. The molecule has 1 fully saturated rings. The lowest BCUT2D eigenvalue weighted by Crippen LogP contribution is -2.47. The average Bonchev–Trinajstić information content (AvgIpc) is 2.90. The standard InChI is InChI=1S/C18H25N5O2/c1-13-9-14(2)23(21-13)12-18(24)22-7-8-25-16(11-22)4-3-15-5-6-20-17(19)10-15/h5-6,9-10,16H,3-4,7-8,11-12H2,1-2H3,(H2,19,20). The van der Waals surface area contributed by atoms with Crippen molar-refractivity contribution in [3.05, 3.63) is 41.3 Å². The third-order valence-electron chi connectivity index (χ3n) is 4.48. The summed E-state index contributed by atoms with van der Waals surface area (Å²) in [4.78, 5) is 18.5. The molecule has 1 unspecified atom stereocenters. The number of nitrogens with zero attached hydrogens (tertiary/aromatic N) is 4. The van der Waals surface area contributed by atoms with Gasteiger partial charge in [-0.1, -0.05) is 0 Å². The number of carbonyl (C=O) groups is 1. The number of pyridine rings is 1. The molecule has 134 valence electrons. The first-order chi connectivity index (χ1) is 12.0. The summed E-state index contributed by atoms with van der Waals surface area (Å²) < 4.78 is 7.59. The maximum absolute atomic E-state index is 12.6. The Morgan fingerprint density at radius 1 is 1.40 bits per heavy atom. The summed E-state index contributed by atoms with van der Waals surface area (Å²) in [7, 11) is 0. The lowest BCUT2D eigenvalue weighted by atomic mass is 10.1. The van der Waals surface area contributed by atoms with Gasteiger partial charge in [-0.15, -0.1) is 0 Å². The zero-order valence-corrected chi connectivity index (χ0v) is 14.8. The summed E-state index contributed by atoms with van der Waals surface area (Å²) in [6, 6.07) is 5.83. The second-order valence-corrected chi connectivity index (χ2v) is 6.54. The molecule has 1 amide bonds. The predicted molar refractivity (Wildman–Crippen MR) is 95.0 cm³/mol. The van der Waals surface area contributed by atoms with Gasteiger partial charge in [0.1, 0.15) is 12.4 Å². The minimum Gasteiger partial charge on any atom is -0.384 e. The number of ether oxygens (including phenoxy) is 1. The van der Waals surface area contributed by atoms with Crippen LogP contribution >= 0.6 is 0 Å². The highest BCUT2D eigenvalue weighted by Crippen LogP contribution is 2.14. The largest absolute Gasteiger partial charge is 0.384 e. The smallest absolute Gasteiger partial charge is 0.244 e. The van der Waals surface area contributed by atoms with E-state index in [1.165, 1.54) is 0 Å². The van der Waals surface area contributed by atoms with Crippen LogP contribution in [0.15, 0.2) is 24.4 Å². The molecule has 0 aromatic carbocycles. The third kappa shape index (κ3) is 4.57. The fraction of sp³-hybridized carbons (Fsp3) is 0.500. The first-order valence-corrected chi connectivity index (χ1v) is 8.62. The fourth-order valence-electron chi connectivity index (χ4n) is 3.16. The second-order valence-electron chi connectivity index (χ2n) is 6.54. The monoisotopic (exact) mass is 343 g/mol.